The molecule has 112 valence electrons. The van der Waals surface area contributed by atoms with Gasteiger partial charge in [-0.25, -0.2) is 0 Å². The normalized spacial score (nSPS) is 12.2. The molecule has 0 fully saturated rings. The van der Waals surface area contributed by atoms with E-state index in [1.165, 1.54) is 0 Å². The highest BCUT2D eigenvalue weighted by Crippen LogP contribution is 2.17. The molecule has 3 N–H and O–H groups in total. The molecule has 0 saturated carbocycles. The van der Waals surface area contributed by atoms with Gasteiger partial charge in [-0.3, -0.25) is 4.79 Å². The van der Waals surface area contributed by atoms with Crippen LogP contribution < -0.4 is 15.8 Å². The average molecular weight is 278 g/mol. The van der Waals surface area contributed by atoms with Crippen molar-refractivity contribution >= 4 is 11.6 Å². The molecule has 1 aromatic rings. The minimum atomic E-state index is 0.0476. The lowest BCUT2D eigenvalue weighted by molar-refractivity contribution is -0.116. The van der Waals surface area contributed by atoms with E-state index in [0.29, 0.717) is 18.9 Å². The highest BCUT2D eigenvalue weighted by molar-refractivity contribution is 5.90. The van der Waals surface area contributed by atoms with Gasteiger partial charge in [0.25, 0.3) is 0 Å². The van der Waals surface area contributed by atoms with Crippen molar-refractivity contribution in [3.8, 4) is 5.75 Å². The summed E-state index contributed by atoms with van der Waals surface area (Å²) in [6.45, 7) is 6.77. The van der Waals surface area contributed by atoms with Crippen molar-refractivity contribution in [2.45, 2.75) is 46.1 Å². The quantitative estimate of drug-likeness (QED) is 0.767. The zero-order chi connectivity index (χ0) is 15.0. The number of rotatable bonds is 8. The number of hydrogen-bond donors (Lipinski definition) is 2. The largest absolute Gasteiger partial charge is 0.491 e. The summed E-state index contributed by atoms with van der Waals surface area (Å²) in [5.41, 5.74) is 6.30. The minimum Gasteiger partial charge on any atom is -0.491 e. The van der Waals surface area contributed by atoms with Gasteiger partial charge in [0.15, 0.2) is 0 Å². The van der Waals surface area contributed by atoms with E-state index in [1.807, 2.05) is 38.1 Å². The van der Waals surface area contributed by atoms with E-state index < -0.39 is 0 Å². The Kier molecular flexibility index (Phi) is 7.09. The Hall–Kier alpha value is -1.55. The first-order chi connectivity index (χ1) is 9.51. The maximum Gasteiger partial charge on any atom is 0.224 e. The predicted octanol–water partition coefficient (Wildman–Crippen LogP) is 3.18. The van der Waals surface area contributed by atoms with E-state index in [-0.39, 0.29) is 12.0 Å². The molecule has 0 aromatic heterocycles. The van der Waals surface area contributed by atoms with E-state index in [9.17, 15) is 4.79 Å². The Balaban J connectivity index is 2.38. The van der Waals surface area contributed by atoms with E-state index >= 15 is 0 Å². The lowest BCUT2D eigenvalue weighted by Crippen LogP contribution is -2.14. The Labute approximate surface area is 121 Å². The van der Waals surface area contributed by atoms with Crippen LogP contribution in [-0.4, -0.2) is 18.6 Å². The third-order valence-electron chi connectivity index (χ3n) is 3.03. The van der Waals surface area contributed by atoms with Crippen LogP contribution >= 0.6 is 0 Å². The first-order valence-corrected chi connectivity index (χ1v) is 7.28. The highest BCUT2D eigenvalue weighted by atomic mass is 16.5. The number of anilines is 1. The molecule has 0 aliphatic rings. The maximum atomic E-state index is 11.8. The molecule has 4 heteroatoms. The SMILES string of the molecule is CC(CCN)CCC(=O)Nc1ccc(OC(C)C)cc1. The summed E-state index contributed by atoms with van der Waals surface area (Å²) >= 11 is 0. The van der Waals surface area contributed by atoms with Gasteiger partial charge in [0.05, 0.1) is 6.10 Å². The Morgan fingerprint density at radius 2 is 1.85 bits per heavy atom. The zero-order valence-corrected chi connectivity index (χ0v) is 12.7. The summed E-state index contributed by atoms with van der Waals surface area (Å²) in [6.07, 6.45) is 2.52. The second kappa shape index (κ2) is 8.59. The molecule has 4 nitrogen and oxygen atoms in total. The van der Waals surface area contributed by atoms with Crippen molar-refractivity contribution in [1.82, 2.24) is 0 Å². The van der Waals surface area contributed by atoms with Gasteiger partial charge < -0.3 is 15.8 Å². The van der Waals surface area contributed by atoms with Crippen LogP contribution in [-0.2, 0) is 4.79 Å². The van der Waals surface area contributed by atoms with E-state index in [4.69, 9.17) is 10.5 Å². The van der Waals surface area contributed by atoms with Crippen molar-refractivity contribution in [3.63, 3.8) is 0 Å². The molecule has 1 aromatic carbocycles. The van der Waals surface area contributed by atoms with E-state index in [0.717, 1.165) is 24.3 Å². The van der Waals surface area contributed by atoms with Crippen molar-refractivity contribution in [3.05, 3.63) is 24.3 Å². The summed E-state index contributed by atoms with van der Waals surface area (Å²) in [7, 11) is 0. The van der Waals surface area contributed by atoms with Gasteiger partial charge in [-0.1, -0.05) is 6.92 Å². The third kappa shape index (κ3) is 6.57. The number of nitrogens with one attached hydrogen (secondary N) is 1. The molecule has 0 aliphatic heterocycles. The van der Waals surface area contributed by atoms with Gasteiger partial charge in [0.1, 0.15) is 5.75 Å². The van der Waals surface area contributed by atoms with Gasteiger partial charge in [0, 0.05) is 12.1 Å². The van der Waals surface area contributed by atoms with Crippen LogP contribution in [0.15, 0.2) is 24.3 Å². The molecule has 0 spiro atoms. The van der Waals surface area contributed by atoms with Crippen molar-refractivity contribution in [2.24, 2.45) is 11.7 Å². The topological polar surface area (TPSA) is 64.4 Å². The molecular formula is C16H26N2O2. The lowest BCUT2D eigenvalue weighted by atomic mass is 10.0. The van der Waals surface area contributed by atoms with Gasteiger partial charge >= 0.3 is 0 Å². The van der Waals surface area contributed by atoms with Crippen LogP contribution in [0, 0.1) is 5.92 Å². The maximum absolute atomic E-state index is 11.8. The number of carbonyl (C=O) groups excluding carboxylic acids is 1. The third-order valence-corrected chi connectivity index (χ3v) is 3.03. The molecule has 0 aliphatic carbocycles. The first kappa shape index (κ1) is 16.5. The number of ether oxygens (including phenoxy) is 1. The molecule has 1 amide bonds. The minimum absolute atomic E-state index is 0.0476. The monoisotopic (exact) mass is 278 g/mol. The molecule has 0 radical (unpaired) electrons. The summed E-state index contributed by atoms with van der Waals surface area (Å²) in [5, 5.41) is 2.89. The van der Waals surface area contributed by atoms with Crippen LogP contribution in [0.3, 0.4) is 0 Å². The van der Waals surface area contributed by atoms with Crippen LogP contribution in [0.1, 0.15) is 40.0 Å². The van der Waals surface area contributed by atoms with Gasteiger partial charge in [0.2, 0.25) is 5.91 Å². The van der Waals surface area contributed by atoms with Gasteiger partial charge in [-0.15, -0.1) is 0 Å². The second-order valence-electron chi connectivity index (χ2n) is 5.46. The number of benzene rings is 1. The van der Waals surface area contributed by atoms with Crippen LogP contribution in [0.25, 0.3) is 0 Å². The van der Waals surface area contributed by atoms with Crippen molar-refractivity contribution in [1.29, 1.82) is 0 Å². The highest BCUT2D eigenvalue weighted by Gasteiger charge is 2.07. The van der Waals surface area contributed by atoms with Gasteiger partial charge in [-0.2, -0.15) is 0 Å². The van der Waals surface area contributed by atoms with Crippen molar-refractivity contribution < 1.29 is 9.53 Å². The first-order valence-electron chi connectivity index (χ1n) is 7.28. The fourth-order valence-corrected chi connectivity index (χ4v) is 1.92. The number of amides is 1. The summed E-state index contributed by atoms with van der Waals surface area (Å²) in [5.74, 6) is 1.36. The Morgan fingerprint density at radius 1 is 1.20 bits per heavy atom. The van der Waals surface area contributed by atoms with Crippen molar-refractivity contribution in [2.75, 3.05) is 11.9 Å². The summed E-state index contributed by atoms with van der Waals surface area (Å²) in [4.78, 5) is 11.8. The number of carbonyl (C=O) groups is 1. The molecule has 0 bridgehead atoms. The zero-order valence-electron chi connectivity index (χ0n) is 12.7. The summed E-state index contributed by atoms with van der Waals surface area (Å²) < 4.78 is 5.56. The smallest absolute Gasteiger partial charge is 0.224 e. The molecule has 0 saturated heterocycles. The molecule has 20 heavy (non-hydrogen) atoms. The molecule has 1 unspecified atom stereocenters. The molecule has 1 atom stereocenters. The average Bonchev–Trinajstić information content (AvgIpc) is 2.38. The number of nitrogens with two attached hydrogens (primary N) is 1. The van der Waals surface area contributed by atoms with E-state index in [1.54, 1.807) is 0 Å². The van der Waals surface area contributed by atoms with Crippen LogP contribution in [0.5, 0.6) is 5.75 Å². The fourth-order valence-electron chi connectivity index (χ4n) is 1.92. The predicted molar refractivity (Wildman–Crippen MR) is 82.9 cm³/mol. The fraction of sp³-hybridized carbons (Fsp3) is 0.562. The Bertz CT molecular complexity index is 401. The lowest BCUT2D eigenvalue weighted by Gasteiger charge is -2.11. The second-order valence-corrected chi connectivity index (χ2v) is 5.46. The van der Waals surface area contributed by atoms with Crippen LogP contribution in [0.2, 0.25) is 0 Å². The molecular weight excluding hydrogens is 252 g/mol. The van der Waals surface area contributed by atoms with Crippen LogP contribution in [0.4, 0.5) is 5.69 Å². The standard InChI is InChI=1S/C16H26N2O2/c1-12(2)20-15-7-5-14(6-8-15)18-16(19)9-4-13(3)10-11-17/h5-8,12-13H,4,9-11,17H2,1-3H3,(H,18,19). The summed E-state index contributed by atoms with van der Waals surface area (Å²) in [6, 6.07) is 7.46. The van der Waals surface area contributed by atoms with Gasteiger partial charge in [-0.05, 0) is 63.4 Å². The molecule has 0 heterocycles. The Morgan fingerprint density at radius 3 is 2.40 bits per heavy atom. The number of hydrogen-bond acceptors (Lipinski definition) is 3. The molecule has 1 rings (SSSR count). The van der Waals surface area contributed by atoms with E-state index in [2.05, 4.69) is 12.2 Å².